The third kappa shape index (κ3) is 4.52. The molecule has 1 N–H and O–H groups in total. The minimum absolute atomic E-state index is 0.0558. The number of sulfonamides is 1. The van der Waals surface area contributed by atoms with Gasteiger partial charge in [0, 0.05) is 19.2 Å². The first-order valence-corrected chi connectivity index (χ1v) is 13.3. The van der Waals surface area contributed by atoms with E-state index in [0.717, 1.165) is 18.4 Å². The van der Waals surface area contributed by atoms with Crippen molar-refractivity contribution in [2.45, 2.75) is 31.6 Å². The fourth-order valence-corrected chi connectivity index (χ4v) is 6.00. The molecule has 3 aromatic rings. The molecule has 0 radical (unpaired) electrons. The number of nitrogens with one attached hydrogen (secondary N) is 1. The maximum absolute atomic E-state index is 13.8. The van der Waals surface area contributed by atoms with Crippen molar-refractivity contribution in [1.29, 1.82) is 0 Å². The Morgan fingerprint density at radius 3 is 2.42 bits per heavy atom. The number of hydrogen-bond acceptors (Lipinski definition) is 6. The van der Waals surface area contributed by atoms with E-state index in [-0.39, 0.29) is 22.0 Å². The highest BCUT2D eigenvalue weighted by atomic mass is 32.2. The number of rotatable bonds is 5. The standard InChI is InChI=1S/C27H28N2O6S/c1-17-10-12-29(13-11-17)36(31,32)26-15-19-24(16-25(26)35-23-7-5-4-6-22(23)33-3)34-21-9-8-18(2)14-20(21)28-27(19)30/h4-9,14-17H,10-13H2,1-3H3,(H,28,30). The summed E-state index contributed by atoms with van der Waals surface area (Å²) in [4.78, 5) is 13.1. The van der Waals surface area contributed by atoms with Crippen LogP contribution in [0.1, 0.15) is 35.7 Å². The zero-order chi connectivity index (χ0) is 25.4. The molecule has 0 spiro atoms. The lowest BCUT2D eigenvalue weighted by Crippen LogP contribution is -2.38. The molecule has 36 heavy (non-hydrogen) atoms. The molecule has 5 rings (SSSR count). The molecule has 1 fully saturated rings. The van der Waals surface area contributed by atoms with E-state index in [1.165, 1.54) is 23.5 Å². The topological polar surface area (TPSA) is 94.2 Å². The number of amides is 1. The third-order valence-corrected chi connectivity index (χ3v) is 8.46. The summed E-state index contributed by atoms with van der Waals surface area (Å²) in [6.45, 7) is 4.83. The van der Waals surface area contributed by atoms with Crippen molar-refractivity contribution in [3.05, 3.63) is 65.7 Å². The van der Waals surface area contributed by atoms with Crippen LogP contribution < -0.4 is 19.5 Å². The van der Waals surface area contributed by atoms with Gasteiger partial charge in [-0.25, -0.2) is 8.42 Å². The predicted molar refractivity (Wildman–Crippen MR) is 136 cm³/mol. The van der Waals surface area contributed by atoms with Gasteiger partial charge in [0.2, 0.25) is 10.0 Å². The van der Waals surface area contributed by atoms with E-state index in [9.17, 15) is 13.2 Å². The molecule has 0 unspecified atom stereocenters. The van der Waals surface area contributed by atoms with Gasteiger partial charge in [-0.05, 0) is 61.6 Å². The number of carbonyl (C=O) groups excluding carboxylic acids is 1. The van der Waals surface area contributed by atoms with Crippen molar-refractivity contribution in [2.24, 2.45) is 5.92 Å². The number of benzene rings is 3. The fourth-order valence-electron chi connectivity index (χ4n) is 4.41. The van der Waals surface area contributed by atoms with Gasteiger partial charge in [-0.2, -0.15) is 4.31 Å². The van der Waals surface area contributed by atoms with Crippen LogP contribution in [0.25, 0.3) is 0 Å². The third-order valence-electron chi connectivity index (χ3n) is 6.54. The fraction of sp³-hybridized carbons (Fsp3) is 0.296. The molecule has 9 heteroatoms. The Kier molecular flexibility index (Phi) is 6.36. The van der Waals surface area contributed by atoms with E-state index >= 15 is 0 Å². The first-order chi connectivity index (χ1) is 17.3. The van der Waals surface area contributed by atoms with E-state index in [1.807, 2.05) is 13.0 Å². The summed E-state index contributed by atoms with van der Waals surface area (Å²) in [6.07, 6.45) is 1.54. The van der Waals surface area contributed by atoms with Crippen molar-refractivity contribution < 1.29 is 27.4 Å². The first-order valence-electron chi connectivity index (χ1n) is 11.8. The van der Waals surface area contributed by atoms with E-state index in [4.69, 9.17) is 14.2 Å². The molecular formula is C27H28N2O6S. The monoisotopic (exact) mass is 508 g/mol. The van der Waals surface area contributed by atoms with Crippen LogP contribution in [-0.2, 0) is 10.0 Å². The van der Waals surface area contributed by atoms with Gasteiger partial charge in [0.1, 0.15) is 10.6 Å². The van der Waals surface area contributed by atoms with Gasteiger partial charge >= 0.3 is 0 Å². The molecule has 0 saturated carbocycles. The number of piperidine rings is 1. The molecule has 2 aliphatic heterocycles. The second kappa shape index (κ2) is 9.48. The second-order valence-electron chi connectivity index (χ2n) is 9.19. The molecule has 1 saturated heterocycles. The molecule has 0 atom stereocenters. The number of fused-ring (bicyclic) bond motifs is 2. The number of methoxy groups -OCH3 is 1. The van der Waals surface area contributed by atoms with E-state index in [0.29, 0.717) is 41.9 Å². The van der Waals surface area contributed by atoms with Gasteiger partial charge in [-0.15, -0.1) is 0 Å². The normalized spacial score (nSPS) is 16.2. The number of nitrogens with zero attached hydrogens (tertiary/aromatic N) is 1. The molecule has 0 bridgehead atoms. The van der Waals surface area contributed by atoms with Crippen LogP contribution in [0.2, 0.25) is 0 Å². The number of para-hydroxylation sites is 2. The Labute approximate surface area is 210 Å². The summed E-state index contributed by atoms with van der Waals surface area (Å²) >= 11 is 0. The highest BCUT2D eigenvalue weighted by Crippen LogP contribution is 2.43. The minimum Gasteiger partial charge on any atom is -0.493 e. The molecule has 0 aromatic heterocycles. The largest absolute Gasteiger partial charge is 0.493 e. The van der Waals surface area contributed by atoms with Gasteiger partial charge in [-0.1, -0.05) is 25.1 Å². The van der Waals surface area contributed by atoms with Crippen LogP contribution in [-0.4, -0.2) is 38.8 Å². The van der Waals surface area contributed by atoms with Crippen LogP contribution in [0.15, 0.2) is 59.5 Å². The Bertz CT molecular complexity index is 1430. The number of carbonyl (C=O) groups is 1. The molecule has 2 heterocycles. The molecule has 2 aliphatic rings. The lowest BCUT2D eigenvalue weighted by molar-refractivity contribution is 0.102. The molecular weight excluding hydrogens is 480 g/mol. The number of anilines is 1. The van der Waals surface area contributed by atoms with E-state index < -0.39 is 15.9 Å². The van der Waals surface area contributed by atoms with Crippen LogP contribution in [0, 0.1) is 12.8 Å². The van der Waals surface area contributed by atoms with Crippen molar-refractivity contribution >= 4 is 21.6 Å². The maximum Gasteiger partial charge on any atom is 0.259 e. The zero-order valence-corrected chi connectivity index (χ0v) is 21.2. The van der Waals surface area contributed by atoms with Gasteiger partial charge < -0.3 is 19.5 Å². The molecule has 8 nitrogen and oxygen atoms in total. The predicted octanol–water partition coefficient (Wildman–Crippen LogP) is 5.57. The lowest BCUT2D eigenvalue weighted by Gasteiger charge is -2.30. The summed E-state index contributed by atoms with van der Waals surface area (Å²) in [5, 5.41) is 2.84. The first kappa shape index (κ1) is 24.1. The second-order valence-corrected chi connectivity index (χ2v) is 11.1. The number of aryl methyl sites for hydroxylation is 1. The SMILES string of the molecule is COc1ccccc1Oc1cc2c(cc1S(=O)(=O)N1CCC(C)CC1)C(=O)Nc1cc(C)ccc1O2. The highest BCUT2D eigenvalue weighted by molar-refractivity contribution is 7.89. The number of hydrogen-bond donors (Lipinski definition) is 1. The average molecular weight is 509 g/mol. The summed E-state index contributed by atoms with van der Waals surface area (Å²) in [7, 11) is -2.45. The van der Waals surface area contributed by atoms with Crippen molar-refractivity contribution in [1.82, 2.24) is 4.31 Å². The van der Waals surface area contributed by atoms with Crippen LogP contribution in [0.5, 0.6) is 28.7 Å². The summed E-state index contributed by atoms with van der Waals surface area (Å²) < 4.78 is 46.8. The molecule has 1 amide bonds. The van der Waals surface area contributed by atoms with Crippen molar-refractivity contribution in [3.63, 3.8) is 0 Å². The zero-order valence-electron chi connectivity index (χ0n) is 20.4. The van der Waals surface area contributed by atoms with Gasteiger partial charge in [0.25, 0.3) is 5.91 Å². The van der Waals surface area contributed by atoms with E-state index in [1.54, 1.807) is 36.4 Å². The highest BCUT2D eigenvalue weighted by Gasteiger charge is 2.34. The quantitative estimate of drug-likeness (QED) is 0.484. The smallest absolute Gasteiger partial charge is 0.259 e. The number of ether oxygens (including phenoxy) is 3. The lowest BCUT2D eigenvalue weighted by atomic mass is 10.0. The Balaban J connectivity index is 1.65. The van der Waals surface area contributed by atoms with E-state index in [2.05, 4.69) is 12.2 Å². The molecule has 3 aromatic carbocycles. The van der Waals surface area contributed by atoms with Crippen molar-refractivity contribution in [2.75, 3.05) is 25.5 Å². The minimum atomic E-state index is -3.97. The van der Waals surface area contributed by atoms with Crippen LogP contribution >= 0.6 is 0 Å². The average Bonchev–Trinajstić information content (AvgIpc) is 2.99. The van der Waals surface area contributed by atoms with Gasteiger partial charge in [0.05, 0.1) is 18.4 Å². The summed E-state index contributed by atoms with van der Waals surface area (Å²) in [5.41, 5.74) is 1.57. The Hall–Kier alpha value is -3.56. The maximum atomic E-state index is 13.8. The Morgan fingerprint density at radius 2 is 1.69 bits per heavy atom. The van der Waals surface area contributed by atoms with Gasteiger partial charge in [-0.3, -0.25) is 4.79 Å². The summed E-state index contributed by atoms with van der Waals surface area (Å²) in [6, 6.07) is 15.2. The van der Waals surface area contributed by atoms with Crippen LogP contribution in [0.3, 0.4) is 0 Å². The molecule has 0 aliphatic carbocycles. The molecule has 188 valence electrons. The summed E-state index contributed by atoms with van der Waals surface area (Å²) in [5.74, 6) is 1.50. The Morgan fingerprint density at radius 1 is 0.972 bits per heavy atom. The van der Waals surface area contributed by atoms with Gasteiger partial charge in [0.15, 0.2) is 23.0 Å². The van der Waals surface area contributed by atoms with Crippen molar-refractivity contribution in [3.8, 4) is 28.7 Å². The van der Waals surface area contributed by atoms with Crippen LogP contribution in [0.4, 0.5) is 5.69 Å².